The summed E-state index contributed by atoms with van der Waals surface area (Å²) in [6.07, 6.45) is 0. The van der Waals surface area contributed by atoms with Crippen LogP contribution in [0.1, 0.15) is 11.1 Å². The number of hydrogen-bond donors (Lipinski definition) is 0. The van der Waals surface area contributed by atoms with E-state index in [2.05, 4.69) is 0 Å². The van der Waals surface area contributed by atoms with Gasteiger partial charge in [-0.1, -0.05) is 12.1 Å². The van der Waals surface area contributed by atoms with Crippen LogP contribution in [0.2, 0.25) is 0 Å². The monoisotopic (exact) mass is 307 g/mol. The van der Waals surface area contributed by atoms with Gasteiger partial charge in [-0.2, -0.15) is 0 Å². The first-order valence-electron chi connectivity index (χ1n) is 6.21. The fraction of sp³-hybridized carbons (Fsp3) is 0.200. The topological polar surface area (TPSA) is 61.6 Å². The summed E-state index contributed by atoms with van der Waals surface area (Å²) in [7, 11) is 1.52. The van der Waals surface area contributed by atoms with Crippen molar-refractivity contribution in [3.05, 3.63) is 57.6 Å². The number of rotatable bonds is 5. The number of nitrogens with zero attached hydrogens (tertiary/aromatic N) is 1. The Bertz CT molecular complexity index is 673. The third-order valence-electron chi connectivity index (χ3n) is 2.91. The van der Waals surface area contributed by atoms with Gasteiger partial charge in [0.25, 0.3) is 0 Å². The molecule has 0 radical (unpaired) electrons. The summed E-state index contributed by atoms with van der Waals surface area (Å²) in [5, 5.41) is 11.1. The molecule has 0 amide bonds. The van der Waals surface area contributed by atoms with E-state index in [-0.39, 0.29) is 17.3 Å². The highest BCUT2D eigenvalue weighted by Crippen LogP contribution is 2.37. The Morgan fingerprint density at radius 1 is 1.14 bits per heavy atom. The van der Waals surface area contributed by atoms with Crippen molar-refractivity contribution in [3.8, 4) is 17.2 Å². The van der Waals surface area contributed by atoms with Crippen LogP contribution in [0.4, 0.5) is 5.69 Å². The number of benzene rings is 2. The van der Waals surface area contributed by atoms with E-state index in [1.54, 1.807) is 18.2 Å². The zero-order valence-corrected chi connectivity index (χ0v) is 12.4. The first-order chi connectivity index (χ1) is 10.0. The van der Waals surface area contributed by atoms with Crippen molar-refractivity contribution >= 4 is 17.3 Å². The minimum atomic E-state index is -0.494. The molecule has 2 aromatic carbocycles. The molecule has 0 aliphatic heterocycles. The average Bonchev–Trinajstić information content (AvgIpc) is 2.49. The summed E-state index contributed by atoms with van der Waals surface area (Å²) in [5.74, 6) is 1.29. The van der Waals surface area contributed by atoms with E-state index in [1.807, 2.05) is 13.0 Å². The zero-order valence-electron chi connectivity index (χ0n) is 11.6. The number of ether oxygens (including phenoxy) is 2. The van der Waals surface area contributed by atoms with Crippen LogP contribution in [0, 0.1) is 17.0 Å². The third kappa shape index (κ3) is 3.44. The standard InChI is InChI=1S/C15H14ClNO4/c1-10-3-5-14(15(7-10)20-2)21-13-6-4-11(9-16)8-12(13)17(18)19/h3-8H,9H2,1-2H3. The molecular formula is C15H14ClNO4. The molecule has 6 heteroatoms. The van der Waals surface area contributed by atoms with E-state index in [0.29, 0.717) is 17.1 Å². The van der Waals surface area contributed by atoms with Gasteiger partial charge in [0.05, 0.1) is 12.0 Å². The van der Waals surface area contributed by atoms with Gasteiger partial charge in [-0.3, -0.25) is 10.1 Å². The van der Waals surface area contributed by atoms with Crippen molar-refractivity contribution in [1.29, 1.82) is 0 Å². The first kappa shape index (κ1) is 15.1. The highest BCUT2D eigenvalue weighted by Gasteiger charge is 2.18. The lowest BCUT2D eigenvalue weighted by Gasteiger charge is -2.11. The lowest BCUT2D eigenvalue weighted by molar-refractivity contribution is -0.385. The maximum atomic E-state index is 11.1. The predicted molar refractivity (Wildman–Crippen MR) is 80.5 cm³/mol. The Labute approximate surface area is 127 Å². The molecule has 0 saturated carbocycles. The SMILES string of the molecule is COc1cc(C)ccc1Oc1ccc(CCl)cc1[N+](=O)[O-]. The predicted octanol–water partition coefficient (Wildman–Crippen LogP) is 4.44. The van der Waals surface area contributed by atoms with Crippen molar-refractivity contribution in [2.75, 3.05) is 7.11 Å². The van der Waals surface area contributed by atoms with Gasteiger partial charge in [0.15, 0.2) is 11.5 Å². The molecule has 5 nitrogen and oxygen atoms in total. The highest BCUT2D eigenvalue weighted by molar-refractivity contribution is 6.17. The van der Waals surface area contributed by atoms with Crippen LogP contribution in [0.15, 0.2) is 36.4 Å². The molecule has 0 saturated heterocycles. The molecule has 0 bridgehead atoms. The molecule has 0 N–H and O–H groups in total. The quantitative estimate of drug-likeness (QED) is 0.465. The van der Waals surface area contributed by atoms with E-state index >= 15 is 0 Å². The maximum absolute atomic E-state index is 11.1. The number of hydrogen-bond acceptors (Lipinski definition) is 4. The molecule has 0 fully saturated rings. The van der Waals surface area contributed by atoms with Crippen LogP contribution in [0.3, 0.4) is 0 Å². The molecular weight excluding hydrogens is 294 g/mol. The third-order valence-corrected chi connectivity index (χ3v) is 3.22. The van der Waals surface area contributed by atoms with Gasteiger partial charge in [0, 0.05) is 11.9 Å². The minimum absolute atomic E-state index is 0.129. The van der Waals surface area contributed by atoms with Gasteiger partial charge in [-0.05, 0) is 36.2 Å². The van der Waals surface area contributed by atoms with Crippen LogP contribution in [0.5, 0.6) is 17.2 Å². The minimum Gasteiger partial charge on any atom is -0.493 e. The van der Waals surface area contributed by atoms with Gasteiger partial charge >= 0.3 is 5.69 Å². The normalized spacial score (nSPS) is 10.2. The molecule has 0 heterocycles. The van der Waals surface area contributed by atoms with Crippen molar-refractivity contribution in [3.63, 3.8) is 0 Å². The number of methoxy groups -OCH3 is 1. The van der Waals surface area contributed by atoms with Gasteiger partial charge in [0.1, 0.15) is 0 Å². The molecule has 0 aliphatic rings. The fourth-order valence-electron chi connectivity index (χ4n) is 1.85. The van der Waals surface area contributed by atoms with Crippen LogP contribution in [-0.2, 0) is 5.88 Å². The number of aryl methyl sites for hydroxylation is 1. The van der Waals surface area contributed by atoms with Crippen molar-refractivity contribution in [2.45, 2.75) is 12.8 Å². The Morgan fingerprint density at radius 3 is 2.48 bits per heavy atom. The lowest BCUT2D eigenvalue weighted by Crippen LogP contribution is -1.96. The number of nitro benzene ring substituents is 1. The smallest absolute Gasteiger partial charge is 0.311 e. The van der Waals surface area contributed by atoms with Crippen molar-refractivity contribution in [1.82, 2.24) is 0 Å². The Morgan fingerprint density at radius 2 is 1.86 bits per heavy atom. The molecule has 0 unspecified atom stereocenters. The number of nitro groups is 1. The summed E-state index contributed by atoms with van der Waals surface area (Å²) in [6, 6.07) is 9.99. The van der Waals surface area contributed by atoms with Crippen LogP contribution < -0.4 is 9.47 Å². The average molecular weight is 308 g/mol. The molecule has 110 valence electrons. The Balaban J connectivity index is 2.42. The summed E-state index contributed by atoms with van der Waals surface area (Å²) in [6.45, 7) is 1.92. The second-order valence-corrected chi connectivity index (χ2v) is 4.72. The summed E-state index contributed by atoms with van der Waals surface area (Å²) in [4.78, 5) is 10.6. The molecule has 2 rings (SSSR count). The van der Waals surface area contributed by atoms with Gasteiger partial charge in [-0.15, -0.1) is 11.6 Å². The highest BCUT2D eigenvalue weighted by atomic mass is 35.5. The molecule has 21 heavy (non-hydrogen) atoms. The van der Waals surface area contributed by atoms with Crippen molar-refractivity contribution < 1.29 is 14.4 Å². The number of alkyl halides is 1. The number of halogens is 1. The maximum Gasteiger partial charge on any atom is 0.311 e. The molecule has 2 aromatic rings. The van der Waals surface area contributed by atoms with E-state index < -0.39 is 4.92 Å². The van der Waals surface area contributed by atoms with E-state index in [9.17, 15) is 10.1 Å². The second-order valence-electron chi connectivity index (χ2n) is 4.45. The molecule has 0 aromatic heterocycles. The Kier molecular flexibility index (Phi) is 4.65. The zero-order chi connectivity index (χ0) is 15.4. The van der Waals surface area contributed by atoms with Gasteiger partial charge in [0.2, 0.25) is 5.75 Å². The van der Waals surface area contributed by atoms with E-state index in [0.717, 1.165) is 5.56 Å². The first-order valence-corrected chi connectivity index (χ1v) is 6.74. The molecule has 0 atom stereocenters. The van der Waals surface area contributed by atoms with Crippen LogP contribution in [0.25, 0.3) is 0 Å². The van der Waals surface area contributed by atoms with Gasteiger partial charge < -0.3 is 9.47 Å². The summed E-state index contributed by atoms with van der Waals surface area (Å²) >= 11 is 5.70. The fourth-order valence-corrected chi connectivity index (χ4v) is 2.02. The largest absolute Gasteiger partial charge is 0.493 e. The molecule has 0 spiro atoms. The second kappa shape index (κ2) is 6.45. The summed E-state index contributed by atoms with van der Waals surface area (Å²) < 4.78 is 10.9. The Hall–Kier alpha value is -2.27. The van der Waals surface area contributed by atoms with E-state index in [4.69, 9.17) is 21.1 Å². The summed E-state index contributed by atoms with van der Waals surface area (Å²) in [5.41, 5.74) is 1.54. The van der Waals surface area contributed by atoms with Crippen molar-refractivity contribution in [2.24, 2.45) is 0 Å². The molecule has 0 aliphatic carbocycles. The van der Waals surface area contributed by atoms with Crippen LogP contribution in [-0.4, -0.2) is 12.0 Å². The lowest BCUT2D eigenvalue weighted by atomic mass is 10.2. The van der Waals surface area contributed by atoms with Gasteiger partial charge in [-0.25, -0.2) is 0 Å². The van der Waals surface area contributed by atoms with E-state index in [1.165, 1.54) is 19.2 Å². The van der Waals surface area contributed by atoms with Crippen LogP contribution >= 0.6 is 11.6 Å².